The van der Waals surface area contributed by atoms with E-state index in [1.807, 2.05) is 0 Å². The predicted octanol–water partition coefficient (Wildman–Crippen LogP) is 0.926. The van der Waals surface area contributed by atoms with E-state index in [0.29, 0.717) is 12.2 Å². The second kappa shape index (κ2) is 4.27. The van der Waals surface area contributed by atoms with Crippen molar-refractivity contribution in [3.63, 3.8) is 0 Å². The van der Waals surface area contributed by atoms with Gasteiger partial charge in [0.1, 0.15) is 0 Å². The summed E-state index contributed by atoms with van der Waals surface area (Å²) in [6.07, 6.45) is 0. The third kappa shape index (κ3) is 3.20. The number of phosphoric acid groups is 1. The number of rotatable bonds is 4. The van der Waals surface area contributed by atoms with Gasteiger partial charge in [-0.25, -0.2) is 4.57 Å². The SMILES string of the molecule is COP(=O)(OC)OSN. The van der Waals surface area contributed by atoms with E-state index in [2.05, 4.69) is 13.0 Å². The van der Waals surface area contributed by atoms with Crippen molar-refractivity contribution in [1.82, 2.24) is 0 Å². The molecule has 0 aliphatic carbocycles. The first-order valence-corrected chi connectivity index (χ1v) is 4.21. The van der Waals surface area contributed by atoms with E-state index in [0.717, 1.165) is 0 Å². The zero-order valence-electron chi connectivity index (χ0n) is 5.07. The second-order valence-electron chi connectivity index (χ2n) is 0.983. The number of hydrogen-bond acceptors (Lipinski definition) is 6. The zero-order chi connectivity index (χ0) is 7.33. The number of phosphoric ester groups is 1. The number of hydrogen-bond donors (Lipinski definition) is 1. The van der Waals surface area contributed by atoms with E-state index in [9.17, 15) is 4.57 Å². The molecule has 0 aromatic rings. The molecular formula is C2H8NO4PS. The maximum Gasteiger partial charge on any atom is 0.486 e. The minimum Gasteiger partial charge on any atom is -0.290 e. The van der Waals surface area contributed by atoms with Gasteiger partial charge < -0.3 is 0 Å². The van der Waals surface area contributed by atoms with Gasteiger partial charge in [0.2, 0.25) is 0 Å². The van der Waals surface area contributed by atoms with Gasteiger partial charge >= 0.3 is 7.82 Å². The van der Waals surface area contributed by atoms with Crippen LogP contribution in [0.4, 0.5) is 0 Å². The highest BCUT2D eigenvalue weighted by atomic mass is 32.2. The van der Waals surface area contributed by atoms with Gasteiger partial charge in [-0.1, -0.05) is 0 Å². The smallest absolute Gasteiger partial charge is 0.290 e. The standard InChI is InChI=1S/C2H8NO4PS/c1-5-8(4,6-2)7-9-3/h3H2,1-2H3. The van der Waals surface area contributed by atoms with Crippen LogP contribution in [0, 0.1) is 0 Å². The van der Waals surface area contributed by atoms with Crippen molar-refractivity contribution in [3.8, 4) is 0 Å². The Bertz CT molecular complexity index is 111. The quantitative estimate of drug-likeness (QED) is 0.387. The molecule has 0 aromatic carbocycles. The Kier molecular flexibility index (Phi) is 4.47. The molecule has 0 heterocycles. The molecule has 0 bridgehead atoms. The monoisotopic (exact) mass is 173 g/mol. The molecule has 5 nitrogen and oxygen atoms in total. The van der Waals surface area contributed by atoms with E-state index in [-0.39, 0.29) is 0 Å². The van der Waals surface area contributed by atoms with Gasteiger partial charge in [-0.05, 0) is 0 Å². The lowest BCUT2D eigenvalue weighted by molar-refractivity contribution is 0.221. The van der Waals surface area contributed by atoms with Gasteiger partial charge in [0, 0.05) is 14.2 Å². The van der Waals surface area contributed by atoms with Crippen LogP contribution in [0.3, 0.4) is 0 Å². The van der Waals surface area contributed by atoms with Gasteiger partial charge in [0.25, 0.3) is 0 Å². The first-order valence-electron chi connectivity index (χ1n) is 1.95. The van der Waals surface area contributed by atoms with Gasteiger partial charge in [0.15, 0.2) is 0 Å². The summed E-state index contributed by atoms with van der Waals surface area (Å²) >= 11 is 0.445. The number of nitrogens with two attached hydrogens (primary N) is 1. The summed E-state index contributed by atoms with van der Waals surface area (Å²) in [5.74, 6) is 0. The summed E-state index contributed by atoms with van der Waals surface area (Å²) < 4.78 is 23.8. The molecule has 9 heavy (non-hydrogen) atoms. The average molecular weight is 173 g/mol. The Balaban J connectivity index is 3.78. The van der Waals surface area contributed by atoms with Gasteiger partial charge in [0.05, 0.1) is 12.2 Å². The Morgan fingerprint density at radius 1 is 1.44 bits per heavy atom. The second-order valence-corrected chi connectivity index (χ2v) is 3.40. The lowest BCUT2D eigenvalue weighted by Crippen LogP contribution is -1.90. The molecule has 0 saturated heterocycles. The highest BCUT2D eigenvalue weighted by Gasteiger charge is 2.22. The van der Waals surface area contributed by atoms with Crippen molar-refractivity contribution in [2.45, 2.75) is 0 Å². The fourth-order valence-corrected chi connectivity index (χ4v) is 1.25. The molecule has 0 fully saturated rings. The summed E-state index contributed by atoms with van der Waals surface area (Å²) in [6.45, 7) is 0. The molecule has 0 saturated carbocycles. The van der Waals surface area contributed by atoms with E-state index in [1.165, 1.54) is 14.2 Å². The first kappa shape index (κ1) is 9.42. The van der Waals surface area contributed by atoms with Gasteiger partial charge in [-0.2, -0.15) is 3.97 Å². The normalized spacial score (nSPS) is 11.9. The van der Waals surface area contributed by atoms with Crippen molar-refractivity contribution >= 4 is 20.1 Å². The molecule has 0 radical (unpaired) electrons. The maximum atomic E-state index is 10.8. The van der Waals surface area contributed by atoms with Crippen LogP contribution in [0.25, 0.3) is 0 Å². The fraction of sp³-hybridized carbons (Fsp3) is 1.00. The molecule has 0 amide bonds. The van der Waals surface area contributed by atoms with Crippen LogP contribution in [0.1, 0.15) is 0 Å². The predicted molar refractivity (Wildman–Crippen MR) is 34.5 cm³/mol. The van der Waals surface area contributed by atoms with Crippen LogP contribution < -0.4 is 5.14 Å². The molecule has 2 N–H and O–H groups in total. The summed E-state index contributed by atoms with van der Waals surface area (Å²) in [5.41, 5.74) is 0. The van der Waals surface area contributed by atoms with E-state index >= 15 is 0 Å². The van der Waals surface area contributed by atoms with Crippen molar-refractivity contribution < 1.29 is 17.6 Å². The van der Waals surface area contributed by atoms with Crippen LogP contribution in [0.2, 0.25) is 0 Å². The third-order valence-electron chi connectivity index (χ3n) is 0.582. The average Bonchev–Trinajstić information content (AvgIpc) is 1.89. The third-order valence-corrected chi connectivity index (χ3v) is 2.55. The minimum atomic E-state index is -3.34. The van der Waals surface area contributed by atoms with Crippen LogP contribution in [-0.2, 0) is 17.6 Å². The van der Waals surface area contributed by atoms with Crippen LogP contribution in [-0.4, -0.2) is 14.2 Å². The minimum absolute atomic E-state index is 0.445. The molecule has 0 aromatic heterocycles. The summed E-state index contributed by atoms with van der Waals surface area (Å²) in [6, 6.07) is 0. The lowest BCUT2D eigenvalue weighted by Gasteiger charge is -2.08. The summed E-state index contributed by atoms with van der Waals surface area (Å²) in [5, 5.41) is 4.83. The van der Waals surface area contributed by atoms with Crippen LogP contribution in [0.15, 0.2) is 0 Å². The molecule has 0 atom stereocenters. The Morgan fingerprint density at radius 3 is 2.00 bits per heavy atom. The van der Waals surface area contributed by atoms with Crippen molar-refractivity contribution in [2.24, 2.45) is 5.14 Å². The first-order chi connectivity index (χ1) is 4.18. The lowest BCUT2D eigenvalue weighted by atomic mass is 11.8. The summed E-state index contributed by atoms with van der Waals surface area (Å²) in [7, 11) is -0.926. The zero-order valence-corrected chi connectivity index (χ0v) is 6.78. The van der Waals surface area contributed by atoms with E-state index < -0.39 is 7.82 Å². The molecule has 0 aliphatic heterocycles. The van der Waals surface area contributed by atoms with E-state index in [1.54, 1.807) is 0 Å². The van der Waals surface area contributed by atoms with Crippen molar-refractivity contribution in [2.75, 3.05) is 14.2 Å². The van der Waals surface area contributed by atoms with Gasteiger partial charge in [-0.15, -0.1) is 0 Å². The van der Waals surface area contributed by atoms with Crippen LogP contribution in [0.5, 0.6) is 0 Å². The Morgan fingerprint density at radius 2 is 1.89 bits per heavy atom. The highest BCUT2D eigenvalue weighted by Crippen LogP contribution is 2.49. The fourth-order valence-electron chi connectivity index (χ4n) is 0.188. The molecule has 0 aliphatic rings. The summed E-state index contributed by atoms with van der Waals surface area (Å²) in [4.78, 5) is 0. The van der Waals surface area contributed by atoms with Crippen molar-refractivity contribution in [3.05, 3.63) is 0 Å². The Hall–Kier alpha value is 0.420. The topological polar surface area (TPSA) is 70.8 Å². The van der Waals surface area contributed by atoms with Crippen LogP contribution >= 0.6 is 20.1 Å². The molecule has 7 heteroatoms. The van der Waals surface area contributed by atoms with Gasteiger partial charge in [-0.3, -0.25) is 14.2 Å². The molecule has 0 spiro atoms. The molecule has 56 valence electrons. The Labute approximate surface area is 57.8 Å². The molecule has 0 unspecified atom stereocenters. The van der Waals surface area contributed by atoms with Crippen molar-refractivity contribution in [1.29, 1.82) is 0 Å². The van der Waals surface area contributed by atoms with E-state index in [4.69, 9.17) is 5.14 Å². The highest BCUT2D eigenvalue weighted by molar-refractivity contribution is 7.95. The molecular weight excluding hydrogens is 165 g/mol. The molecule has 0 rings (SSSR count). The largest absolute Gasteiger partial charge is 0.486 e. The maximum absolute atomic E-state index is 10.8.